The third kappa shape index (κ3) is 5.01. The fraction of sp³-hybridized carbons (Fsp3) is 0.158. The van der Waals surface area contributed by atoms with Gasteiger partial charge in [0.25, 0.3) is 5.91 Å². The zero-order valence-corrected chi connectivity index (χ0v) is 14.3. The first-order valence-corrected chi connectivity index (χ1v) is 8.19. The van der Waals surface area contributed by atoms with E-state index in [0.717, 1.165) is 16.9 Å². The molecule has 1 amide bonds. The molecule has 0 aliphatic heterocycles. The summed E-state index contributed by atoms with van der Waals surface area (Å²) in [5.74, 6) is -0.372. The van der Waals surface area contributed by atoms with Crippen LogP contribution in [-0.2, 0) is 6.42 Å². The van der Waals surface area contributed by atoms with Gasteiger partial charge >= 0.3 is 6.01 Å². The number of carbonyl (C=O) groups excluding carboxylic acids is 1. The van der Waals surface area contributed by atoms with E-state index < -0.39 is 0 Å². The highest BCUT2D eigenvalue weighted by molar-refractivity contribution is 5.92. The summed E-state index contributed by atoms with van der Waals surface area (Å²) in [5.41, 5.74) is 8.49. The summed E-state index contributed by atoms with van der Waals surface area (Å²) in [6.45, 7) is 2.36. The number of hydrazine groups is 1. The van der Waals surface area contributed by atoms with Crippen LogP contribution in [0.15, 0.2) is 60.9 Å². The lowest BCUT2D eigenvalue weighted by molar-refractivity contribution is 0.0956. The molecule has 132 valence electrons. The summed E-state index contributed by atoms with van der Waals surface area (Å²) < 4.78 is 5.52. The van der Waals surface area contributed by atoms with Crippen LogP contribution in [0, 0.1) is 6.92 Å². The number of rotatable bonds is 7. The van der Waals surface area contributed by atoms with Crippen molar-refractivity contribution in [2.45, 2.75) is 13.3 Å². The first kappa shape index (κ1) is 17.3. The van der Waals surface area contributed by atoms with Gasteiger partial charge < -0.3 is 4.74 Å². The second-order valence-corrected chi connectivity index (χ2v) is 5.59. The van der Waals surface area contributed by atoms with Gasteiger partial charge in [0.05, 0.1) is 12.3 Å². The largest absolute Gasteiger partial charge is 0.463 e. The Kier molecular flexibility index (Phi) is 5.72. The van der Waals surface area contributed by atoms with Crippen LogP contribution < -0.4 is 15.6 Å². The first-order valence-electron chi connectivity index (χ1n) is 8.19. The van der Waals surface area contributed by atoms with Gasteiger partial charge in [-0.05, 0) is 42.8 Å². The van der Waals surface area contributed by atoms with Gasteiger partial charge in [0.15, 0.2) is 0 Å². The quantitative estimate of drug-likeness (QED) is 0.637. The molecule has 26 heavy (non-hydrogen) atoms. The number of hydrogen-bond acceptors (Lipinski definition) is 6. The topological polar surface area (TPSA) is 89.0 Å². The molecule has 0 bridgehead atoms. The van der Waals surface area contributed by atoms with E-state index in [1.807, 2.05) is 49.4 Å². The van der Waals surface area contributed by atoms with Crippen LogP contribution in [0.1, 0.15) is 21.7 Å². The molecule has 0 aliphatic rings. The molecule has 0 unspecified atom stereocenters. The van der Waals surface area contributed by atoms with Crippen LogP contribution in [0.5, 0.6) is 6.01 Å². The standard InChI is InChI=1S/C19H19N5O2/c1-14-5-4-7-16(13-14)23-24-18(25)17-8-11-21-19(22-17)26-12-9-15-6-2-3-10-20-15/h2-8,10-11,13,23H,9,12H2,1H3,(H,24,25). The number of anilines is 1. The van der Waals surface area contributed by atoms with Gasteiger partial charge in [0, 0.05) is 24.5 Å². The van der Waals surface area contributed by atoms with Crippen molar-refractivity contribution in [1.29, 1.82) is 0 Å². The smallest absolute Gasteiger partial charge is 0.317 e. The van der Waals surface area contributed by atoms with E-state index in [-0.39, 0.29) is 17.6 Å². The summed E-state index contributed by atoms with van der Waals surface area (Å²) in [7, 11) is 0. The molecular weight excluding hydrogens is 330 g/mol. The fourth-order valence-electron chi connectivity index (χ4n) is 2.25. The minimum absolute atomic E-state index is 0.157. The summed E-state index contributed by atoms with van der Waals surface area (Å²) in [5, 5.41) is 0. The van der Waals surface area contributed by atoms with E-state index in [0.29, 0.717) is 13.0 Å². The Morgan fingerprint density at radius 1 is 1.08 bits per heavy atom. The average Bonchev–Trinajstić information content (AvgIpc) is 2.67. The molecule has 7 nitrogen and oxygen atoms in total. The molecule has 7 heteroatoms. The number of aryl methyl sites for hydroxylation is 1. The Bertz CT molecular complexity index is 871. The van der Waals surface area contributed by atoms with Gasteiger partial charge in [-0.25, -0.2) is 4.98 Å². The van der Waals surface area contributed by atoms with Crippen molar-refractivity contribution >= 4 is 11.6 Å². The average molecular weight is 349 g/mol. The third-order valence-electron chi connectivity index (χ3n) is 3.52. The number of benzene rings is 1. The summed E-state index contributed by atoms with van der Waals surface area (Å²) in [6, 6.07) is 15.1. The minimum atomic E-state index is -0.372. The highest BCUT2D eigenvalue weighted by atomic mass is 16.5. The molecule has 0 saturated carbocycles. The van der Waals surface area contributed by atoms with E-state index in [1.54, 1.807) is 6.20 Å². The van der Waals surface area contributed by atoms with Crippen molar-refractivity contribution in [3.05, 3.63) is 77.9 Å². The zero-order valence-electron chi connectivity index (χ0n) is 14.3. The maximum absolute atomic E-state index is 12.2. The number of carbonyl (C=O) groups is 1. The number of nitrogens with zero attached hydrogens (tertiary/aromatic N) is 3. The third-order valence-corrected chi connectivity index (χ3v) is 3.52. The van der Waals surface area contributed by atoms with Crippen LogP contribution in [-0.4, -0.2) is 27.5 Å². The molecule has 0 fully saturated rings. The van der Waals surface area contributed by atoms with Crippen LogP contribution in [0.25, 0.3) is 0 Å². The maximum atomic E-state index is 12.2. The van der Waals surface area contributed by atoms with Gasteiger partial charge in [-0.1, -0.05) is 18.2 Å². The number of aromatic nitrogens is 3. The van der Waals surface area contributed by atoms with E-state index in [2.05, 4.69) is 25.8 Å². The molecule has 3 rings (SSSR count). The molecular formula is C19H19N5O2. The Hall–Kier alpha value is -3.48. The SMILES string of the molecule is Cc1cccc(NNC(=O)c2ccnc(OCCc3ccccn3)n2)c1. The van der Waals surface area contributed by atoms with Gasteiger partial charge in [0.2, 0.25) is 0 Å². The Labute approximate surface area is 151 Å². The number of ether oxygens (including phenoxy) is 1. The molecule has 2 N–H and O–H groups in total. The van der Waals surface area contributed by atoms with Crippen molar-refractivity contribution in [2.24, 2.45) is 0 Å². The van der Waals surface area contributed by atoms with Gasteiger partial charge in [-0.3, -0.25) is 20.6 Å². The van der Waals surface area contributed by atoms with E-state index in [4.69, 9.17) is 4.74 Å². The number of hydrogen-bond donors (Lipinski definition) is 2. The van der Waals surface area contributed by atoms with E-state index >= 15 is 0 Å². The van der Waals surface area contributed by atoms with Crippen molar-refractivity contribution in [3.63, 3.8) is 0 Å². The zero-order chi connectivity index (χ0) is 18.2. The predicted molar refractivity (Wildman–Crippen MR) is 97.7 cm³/mol. The van der Waals surface area contributed by atoms with Crippen molar-refractivity contribution in [3.8, 4) is 6.01 Å². The molecule has 0 atom stereocenters. The van der Waals surface area contributed by atoms with Crippen LogP contribution in [0.3, 0.4) is 0 Å². The predicted octanol–water partition coefficient (Wildman–Crippen LogP) is 2.56. The van der Waals surface area contributed by atoms with Gasteiger partial charge in [-0.15, -0.1) is 0 Å². The molecule has 0 aliphatic carbocycles. The maximum Gasteiger partial charge on any atom is 0.317 e. The van der Waals surface area contributed by atoms with Crippen molar-refractivity contribution in [2.75, 3.05) is 12.0 Å². The second kappa shape index (κ2) is 8.57. The van der Waals surface area contributed by atoms with Gasteiger partial charge in [-0.2, -0.15) is 4.98 Å². The lowest BCUT2D eigenvalue weighted by atomic mass is 10.2. The Morgan fingerprint density at radius 3 is 2.81 bits per heavy atom. The lowest BCUT2D eigenvalue weighted by Crippen LogP contribution is -2.30. The number of pyridine rings is 1. The molecule has 0 saturated heterocycles. The van der Waals surface area contributed by atoms with E-state index in [1.165, 1.54) is 12.3 Å². The monoisotopic (exact) mass is 349 g/mol. The Balaban J connectivity index is 1.53. The first-order chi connectivity index (χ1) is 12.7. The number of nitrogens with one attached hydrogen (secondary N) is 2. The minimum Gasteiger partial charge on any atom is -0.463 e. The highest BCUT2D eigenvalue weighted by Gasteiger charge is 2.09. The van der Waals surface area contributed by atoms with Crippen LogP contribution in [0.2, 0.25) is 0 Å². The molecule has 0 radical (unpaired) electrons. The van der Waals surface area contributed by atoms with Gasteiger partial charge in [0.1, 0.15) is 5.69 Å². The fourth-order valence-corrected chi connectivity index (χ4v) is 2.25. The summed E-state index contributed by atoms with van der Waals surface area (Å²) in [4.78, 5) is 24.6. The van der Waals surface area contributed by atoms with Crippen LogP contribution in [0.4, 0.5) is 5.69 Å². The summed E-state index contributed by atoms with van der Waals surface area (Å²) >= 11 is 0. The molecule has 1 aromatic carbocycles. The second-order valence-electron chi connectivity index (χ2n) is 5.59. The van der Waals surface area contributed by atoms with E-state index in [9.17, 15) is 4.79 Å². The normalized spacial score (nSPS) is 10.2. The lowest BCUT2D eigenvalue weighted by Gasteiger charge is -2.09. The van der Waals surface area contributed by atoms with Crippen molar-refractivity contribution in [1.82, 2.24) is 20.4 Å². The Morgan fingerprint density at radius 2 is 2.00 bits per heavy atom. The van der Waals surface area contributed by atoms with Crippen LogP contribution >= 0.6 is 0 Å². The van der Waals surface area contributed by atoms with Crippen molar-refractivity contribution < 1.29 is 9.53 Å². The summed E-state index contributed by atoms with van der Waals surface area (Å²) in [6.07, 6.45) is 3.86. The molecule has 2 heterocycles. The molecule has 2 aromatic heterocycles. The molecule has 0 spiro atoms. The molecule has 3 aromatic rings. The number of amides is 1. The highest BCUT2D eigenvalue weighted by Crippen LogP contribution is 2.09.